The van der Waals surface area contributed by atoms with Gasteiger partial charge in [-0.2, -0.15) is 0 Å². The van der Waals surface area contributed by atoms with Crippen molar-refractivity contribution in [3.8, 4) is 5.75 Å². The summed E-state index contributed by atoms with van der Waals surface area (Å²) in [6.07, 6.45) is 5.00. The maximum absolute atomic E-state index is 5.54. The average molecular weight is 301 g/mol. The molecule has 2 nitrogen and oxygen atoms in total. The Morgan fingerprint density at radius 2 is 1.71 bits per heavy atom. The van der Waals surface area contributed by atoms with Crippen molar-refractivity contribution in [1.29, 1.82) is 0 Å². The van der Waals surface area contributed by atoms with E-state index in [2.05, 4.69) is 22.9 Å². The number of hydrogen-bond donors (Lipinski definition) is 0. The third-order valence-electron chi connectivity index (χ3n) is 2.45. The Bertz CT molecular complexity index is 285. The van der Waals surface area contributed by atoms with Gasteiger partial charge in [0.1, 0.15) is 12.4 Å². The van der Waals surface area contributed by atoms with Crippen LogP contribution in [0.15, 0.2) is 28.7 Å². The highest BCUT2D eigenvalue weighted by atomic mass is 79.9. The first kappa shape index (κ1) is 14.5. The molecule has 0 bridgehead atoms. The second-order valence-electron chi connectivity index (χ2n) is 3.98. The van der Waals surface area contributed by atoms with Crippen LogP contribution in [0.2, 0.25) is 0 Å². The second-order valence-corrected chi connectivity index (χ2v) is 4.89. The average Bonchev–Trinajstić information content (AvgIpc) is 2.35. The number of ether oxygens (including phenoxy) is 2. The van der Waals surface area contributed by atoms with Gasteiger partial charge in [0.15, 0.2) is 0 Å². The lowest BCUT2D eigenvalue weighted by Gasteiger charge is -2.07. The van der Waals surface area contributed by atoms with E-state index in [4.69, 9.17) is 9.47 Å². The summed E-state index contributed by atoms with van der Waals surface area (Å²) < 4.78 is 12.1. The number of benzene rings is 1. The maximum atomic E-state index is 5.54. The van der Waals surface area contributed by atoms with Crippen LogP contribution in [-0.2, 0) is 4.74 Å². The summed E-state index contributed by atoms with van der Waals surface area (Å²) in [5.41, 5.74) is 0. The molecule has 17 heavy (non-hydrogen) atoms. The molecule has 0 radical (unpaired) electrons. The van der Waals surface area contributed by atoms with E-state index in [9.17, 15) is 0 Å². The van der Waals surface area contributed by atoms with Gasteiger partial charge in [-0.3, -0.25) is 0 Å². The van der Waals surface area contributed by atoms with Crippen LogP contribution in [0.5, 0.6) is 5.75 Å². The third-order valence-corrected chi connectivity index (χ3v) is 2.98. The van der Waals surface area contributed by atoms with Gasteiger partial charge in [-0.1, -0.05) is 42.1 Å². The Hall–Kier alpha value is -0.540. The van der Waals surface area contributed by atoms with Crippen LogP contribution >= 0.6 is 15.9 Å². The van der Waals surface area contributed by atoms with Crippen LogP contribution in [0.3, 0.4) is 0 Å². The number of unbranched alkanes of at least 4 members (excludes halogenated alkanes) is 3. The predicted octanol–water partition coefficient (Wildman–Crippen LogP) is 4.42. The first-order valence-electron chi connectivity index (χ1n) is 6.29. The number of rotatable bonds is 9. The monoisotopic (exact) mass is 300 g/mol. The van der Waals surface area contributed by atoms with Crippen molar-refractivity contribution in [3.05, 3.63) is 28.7 Å². The zero-order valence-corrected chi connectivity index (χ0v) is 12.0. The molecule has 0 saturated carbocycles. The first-order valence-corrected chi connectivity index (χ1v) is 7.08. The smallest absolute Gasteiger partial charge is 0.119 e. The molecule has 0 saturated heterocycles. The molecule has 0 heterocycles. The molecule has 0 aliphatic carbocycles. The van der Waals surface area contributed by atoms with Gasteiger partial charge in [-0.25, -0.2) is 0 Å². The molecule has 0 amide bonds. The minimum Gasteiger partial charge on any atom is -0.491 e. The van der Waals surface area contributed by atoms with Crippen molar-refractivity contribution in [2.75, 3.05) is 19.8 Å². The highest BCUT2D eigenvalue weighted by molar-refractivity contribution is 9.10. The number of hydrogen-bond acceptors (Lipinski definition) is 2. The largest absolute Gasteiger partial charge is 0.491 e. The lowest BCUT2D eigenvalue weighted by Crippen LogP contribution is -2.07. The van der Waals surface area contributed by atoms with E-state index in [1.165, 1.54) is 19.3 Å². The first-order chi connectivity index (χ1) is 8.33. The van der Waals surface area contributed by atoms with Crippen LogP contribution in [0.1, 0.15) is 32.6 Å². The predicted molar refractivity (Wildman–Crippen MR) is 74.6 cm³/mol. The molecule has 0 aliphatic heterocycles. The van der Waals surface area contributed by atoms with Crippen molar-refractivity contribution < 1.29 is 9.47 Å². The second kappa shape index (κ2) is 9.49. The molecule has 0 unspecified atom stereocenters. The third kappa shape index (κ3) is 7.40. The van der Waals surface area contributed by atoms with Gasteiger partial charge in [-0.05, 0) is 30.7 Å². The molecule has 0 N–H and O–H groups in total. The molecule has 0 aromatic heterocycles. The molecule has 3 heteroatoms. The Kier molecular flexibility index (Phi) is 8.10. The standard InChI is InChI=1S/C14H21BrO2/c1-2-3-4-5-10-16-11-12-17-14-8-6-13(15)7-9-14/h6-9H,2-5,10-12H2,1H3. The molecule has 0 spiro atoms. The van der Waals surface area contributed by atoms with Crippen LogP contribution in [0, 0.1) is 0 Å². The highest BCUT2D eigenvalue weighted by Crippen LogP contribution is 2.15. The maximum Gasteiger partial charge on any atom is 0.119 e. The lowest BCUT2D eigenvalue weighted by molar-refractivity contribution is 0.0971. The minimum atomic E-state index is 0.620. The van der Waals surface area contributed by atoms with Crippen molar-refractivity contribution >= 4 is 15.9 Å². The molecule has 0 aliphatic rings. The van der Waals surface area contributed by atoms with E-state index in [0.29, 0.717) is 13.2 Å². The normalized spacial score (nSPS) is 10.5. The Labute approximate surface area is 112 Å². The summed E-state index contributed by atoms with van der Waals surface area (Å²) >= 11 is 3.39. The van der Waals surface area contributed by atoms with Gasteiger partial charge < -0.3 is 9.47 Å². The van der Waals surface area contributed by atoms with Gasteiger partial charge in [0.05, 0.1) is 6.61 Å². The van der Waals surface area contributed by atoms with Crippen molar-refractivity contribution in [1.82, 2.24) is 0 Å². The summed E-state index contributed by atoms with van der Waals surface area (Å²) in [6.45, 7) is 4.36. The molecule has 96 valence electrons. The van der Waals surface area contributed by atoms with E-state index in [0.717, 1.165) is 23.2 Å². The van der Waals surface area contributed by atoms with Crippen molar-refractivity contribution in [3.63, 3.8) is 0 Å². The summed E-state index contributed by atoms with van der Waals surface area (Å²) in [5, 5.41) is 0. The topological polar surface area (TPSA) is 18.5 Å². The van der Waals surface area contributed by atoms with Crippen LogP contribution in [-0.4, -0.2) is 19.8 Å². The van der Waals surface area contributed by atoms with Gasteiger partial charge in [0, 0.05) is 11.1 Å². The molecule has 1 aromatic rings. The quantitative estimate of drug-likeness (QED) is 0.628. The lowest BCUT2D eigenvalue weighted by atomic mass is 10.2. The van der Waals surface area contributed by atoms with E-state index < -0.39 is 0 Å². The molecular formula is C14H21BrO2. The minimum absolute atomic E-state index is 0.620. The zero-order chi connectivity index (χ0) is 12.3. The Balaban J connectivity index is 1.95. The zero-order valence-electron chi connectivity index (χ0n) is 10.5. The fraction of sp³-hybridized carbons (Fsp3) is 0.571. The van der Waals surface area contributed by atoms with Crippen molar-refractivity contribution in [2.24, 2.45) is 0 Å². The van der Waals surface area contributed by atoms with Gasteiger partial charge in [-0.15, -0.1) is 0 Å². The molecule has 1 aromatic carbocycles. The van der Waals surface area contributed by atoms with Crippen molar-refractivity contribution in [2.45, 2.75) is 32.6 Å². The summed E-state index contributed by atoms with van der Waals surface area (Å²) in [7, 11) is 0. The fourth-order valence-electron chi connectivity index (χ4n) is 1.48. The van der Waals surface area contributed by atoms with E-state index in [-0.39, 0.29) is 0 Å². The van der Waals surface area contributed by atoms with Gasteiger partial charge in [0.25, 0.3) is 0 Å². The summed E-state index contributed by atoms with van der Waals surface area (Å²) in [5.74, 6) is 0.891. The molecular weight excluding hydrogens is 280 g/mol. The van der Waals surface area contributed by atoms with E-state index in [1.54, 1.807) is 0 Å². The summed E-state index contributed by atoms with van der Waals surface area (Å²) in [6, 6.07) is 7.85. The molecule has 1 rings (SSSR count). The highest BCUT2D eigenvalue weighted by Gasteiger charge is 1.94. The van der Waals surface area contributed by atoms with Gasteiger partial charge >= 0.3 is 0 Å². The Morgan fingerprint density at radius 3 is 2.41 bits per heavy atom. The SMILES string of the molecule is CCCCCCOCCOc1ccc(Br)cc1. The summed E-state index contributed by atoms with van der Waals surface area (Å²) in [4.78, 5) is 0. The van der Waals surface area contributed by atoms with E-state index in [1.807, 2.05) is 24.3 Å². The fourth-order valence-corrected chi connectivity index (χ4v) is 1.75. The molecule has 0 atom stereocenters. The number of halogens is 1. The van der Waals surface area contributed by atoms with Crippen LogP contribution in [0.25, 0.3) is 0 Å². The molecule has 0 fully saturated rings. The van der Waals surface area contributed by atoms with Gasteiger partial charge in [0.2, 0.25) is 0 Å². The Morgan fingerprint density at radius 1 is 0.941 bits per heavy atom. The van der Waals surface area contributed by atoms with E-state index >= 15 is 0 Å². The van der Waals surface area contributed by atoms with Crippen LogP contribution < -0.4 is 4.74 Å². The van der Waals surface area contributed by atoms with Crippen LogP contribution in [0.4, 0.5) is 0 Å².